The van der Waals surface area contributed by atoms with Crippen molar-refractivity contribution in [3.8, 4) is 0 Å². The number of hydrogen-bond acceptors (Lipinski definition) is 8. The highest BCUT2D eigenvalue weighted by molar-refractivity contribution is 8.28. The van der Waals surface area contributed by atoms with Crippen LogP contribution in [0.2, 0.25) is 0 Å². The van der Waals surface area contributed by atoms with Crippen molar-refractivity contribution >= 4 is 54.7 Å². The Balaban J connectivity index is 0.000000440. The topological polar surface area (TPSA) is 157 Å². The van der Waals surface area contributed by atoms with Crippen molar-refractivity contribution in [1.82, 2.24) is 15.4 Å². The van der Waals surface area contributed by atoms with Gasteiger partial charge in [0.15, 0.2) is 0 Å². The Morgan fingerprint density at radius 1 is 0.705 bits per heavy atom. The SMILES string of the molecule is C=S(=C)(CCCCCCCCC)CC(=O)N[C@H]1CCOC1=O.CCCCCCCCNS(=O)(=O)CC(=O)N[C@H]1CCOC1=O. The largest absolute Gasteiger partial charge is 0.464 e. The zero-order valence-corrected chi connectivity index (χ0v) is 28.6. The molecule has 2 heterocycles. The first-order valence-electron chi connectivity index (χ1n) is 16.2. The summed E-state index contributed by atoms with van der Waals surface area (Å²) in [5.74, 6) is 7.26. The molecule has 3 N–H and O–H groups in total. The van der Waals surface area contributed by atoms with E-state index in [4.69, 9.17) is 9.47 Å². The fourth-order valence-electron chi connectivity index (χ4n) is 4.80. The molecule has 2 amide bonds. The van der Waals surface area contributed by atoms with E-state index in [9.17, 15) is 27.6 Å². The van der Waals surface area contributed by atoms with E-state index in [1.807, 2.05) is 0 Å². The van der Waals surface area contributed by atoms with Crippen molar-refractivity contribution in [1.29, 1.82) is 0 Å². The average molecular weight is 664 g/mol. The van der Waals surface area contributed by atoms with Gasteiger partial charge in [-0.2, -0.15) is 0 Å². The molecule has 44 heavy (non-hydrogen) atoms. The smallest absolute Gasteiger partial charge is 0.328 e. The predicted octanol–water partition coefficient (Wildman–Crippen LogP) is 3.54. The third kappa shape index (κ3) is 19.3. The second-order valence-corrected chi connectivity index (χ2v) is 16.7. The van der Waals surface area contributed by atoms with E-state index in [2.05, 4.69) is 40.9 Å². The van der Waals surface area contributed by atoms with E-state index in [0.29, 0.717) is 31.7 Å². The molecular formula is C31H57N3O8S2. The average Bonchev–Trinajstić information content (AvgIpc) is 3.54. The van der Waals surface area contributed by atoms with Crippen LogP contribution in [0.3, 0.4) is 0 Å². The van der Waals surface area contributed by atoms with Crippen molar-refractivity contribution in [2.24, 2.45) is 0 Å². The van der Waals surface area contributed by atoms with Gasteiger partial charge in [0.05, 0.1) is 19.0 Å². The zero-order valence-electron chi connectivity index (χ0n) is 27.0. The van der Waals surface area contributed by atoms with Gasteiger partial charge in [-0.3, -0.25) is 9.59 Å². The molecule has 0 aliphatic carbocycles. The summed E-state index contributed by atoms with van der Waals surface area (Å²) in [5.41, 5.74) is 0. The van der Waals surface area contributed by atoms with Crippen LogP contribution < -0.4 is 15.4 Å². The van der Waals surface area contributed by atoms with Crippen LogP contribution in [-0.4, -0.2) is 93.0 Å². The lowest BCUT2D eigenvalue weighted by Gasteiger charge is -2.15. The Morgan fingerprint density at radius 2 is 1.14 bits per heavy atom. The number of nitrogens with one attached hydrogen (secondary N) is 3. The highest BCUT2D eigenvalue weighted by Gasteiger charge is 2.29. The fraction of sp³-hybridized carbons (Fsp3) is 0.806. The molecule has 0 unspecified atom stereocenters. The highest BCUT2D eigenvalue weighted by atomic mass is 32.2. The number of hydrogen-bond donors (Lipinski definition) is 3. The number of ether oxygens (including phenoxy) is 2. The molecule has 0 spiro atoms. The molecular weight excluding hydrogens is 606 g/mol. The predicted molar refractivity (Wildman–Crippen MR) is 180 cm³/mol. The first kappa shape index (κ1) is 39.9. The van der Waals surface area contributed by atoms with Gasteiger partial charge in [0.1, 0.15) is 17.8 Å². The summed E-state index contributed by atoms with van der Waals surface area (Å²) < 4.78 is 35.4. The quantitative estimate of drug-likeness (QED) is 0.0902. The number of carbonyl (C=O) groups excluding carboxylic acids is 4. The molecule has 256 valence electrons. The third-order valence-corrected chi connectivity index (χ3v) is 10.6. The molecule has 0 radical (unpaired) electrons. The lowest BCUT2D eigenvalue weighted by atomic mass is 10.1. The van der Waals surface area contributed by atoms with Crippen LogP contribution in [0.5, 0.6) is 0 Å². The maximum atomic E-state index is 12.0. The second kappa shape index (κ2) is 22.4. The number of unbranched alkanes of at least 4 members (excludes halogenated alkanes) is 11. The summed E-state index contributed by atoms with van der Waals surface area (Å²) in [7, 11) is -5.05. The van der Waals surface area contributed by atoms with Gasteiger partial charge in [-0.25, -0.2) is 31.9 Å². The maximum absolute atomic E-state index is 12.0. The Hall–Kier alpha value is -2.12. The van der Waals surface area contributed by atoms with Crippen molar-refractivity contribution in [3.05, 3.63) is 0 Å². The van der Waals surface area contributed by atoms with Crippen LogP contribution >= 0.6 is 9.21 Å². The standard InChI is InChI=1S/C17H31NO3S.C14H26N2O5S/c1-4-5-6-7-8-9-10-13-22(2,3)14-16(19)18-15-11-12-21-17(15)20;1-2-3-4-5-6-7-9-15-22(19,20)11-13(17)16-12-8-10-21-14(12)18/h15H,2-14H2,1H3,(H,18,19);12,15H,2-11H2,1H3,(H,16,17)/t15-;12-/m00/s1. The fourth-order valence-corrected chi connectivity index (χ4v) is 7.38. The van der Waals surface area contributed by atoms with Crippen molar-refractivity contribution in [2.45, 2.75) is 122 Å². The molecule has 13 heteroatoms. The lowest BCUT2D eigenvalue weighted by Crippen LogP contribution is -2.43. The van der Waals surface area contributed by atoms with E-state index >= 15 is 0 Å². The minimum absolute atomic E-state index is 0.119. The van der Waals surface area contributed by atoms with Crippen molar-refractivity contribution in [2.75, 3.05) is 37.0 Å². The van der Waals surface area contributed by atoms with Crippen molar-refractivity contribution < 1.29 is 37.1 Å². The van der Waals surface area contributed by atoms with E-state index in [1.165, 1.54) is 57.8 Å². The van der Waals surface area contributed by atoms with Gasteiger partial charge in [-0.05, 0) is 18.6 Å². The van der Waals surface area contributed by atoms with Crippen LogP contribution in [0.15, 0.2) is 0 Å². The molecule has 0 saturated carbocycles. The van der Waals surface area contributed by atoms with Gasteiger partial charge < -0.3 is 20.1 Å². The van der Waals surface area contributed by atoms with E-state index in [-0.39, 0.29) is 18.5 Å². The van der Waals surface area contributed by atoms with Gasteiger partial charge in [0.25, 0.3) is 0 Å². The van der Waals surface area contributed by atoms with Gasteiger partial charge in [0, 0.05) is 19.4 Å². The van der Waals surface area contributed by atoms with E-state index in [1.54, 1.807) is 0 Å². The molecule has 2 rings (SSSR count). The van der Waals surface area contributed by atoms with Crippen LogP contribution in [0, 0.1) is 0 Å². The number of rotatable bonds is 22. The normalized spacial score (nSPS) is 18.2. The molecule has 2 atom stereocenters. The summed E-state index contributed by atoms with van der Waals surface area (Å²) in [4.78, 5) is 46.1. The molecule has 0 bridgehead atoms. The summed E-state index contributed by atoms with van der Waals surface area (Å²) in [6, 6.07) is -1.19. The van der Waals surface area contributed by atoms with Crippen LogP contribution in [0.4, 0.5) is 0 Å². The second-order valence-electron chi connectivity index (χ2n) is 11.8. The molecule has 0 aromatic heterocycles. The van der Waals surface area contributed by atoms with Crippen molar-refractivity contribution in [3.63, 3.8) is 0 Å². The monoisotopic (exact) mass is 663 g/mol. The van der Waals surface area contributed by atoms with Crippen LogP contribution in [0.25, 0.3) is 0 Å². The molecule has 2 aliphatic rings. The molecule has 2 saturated heterocycles. The molecule has 2 aliphatic heterocycles. The molecule has 0 aromatic carbocycles. The summed E-state index contributed by atoms with van der Waals surface area (Å²) >= 11 is 0. The molecule has 0 aromatic rings. The van der Waals surface area contributed by atoms with Gasteiger partial charge in [0.2, 0.25) is 21.8 Å². The molecule has 11 nitrogen and oxygen atoms in total. The van der Waals surface area contributed by atoms with Gasteiger partial charge in [-0.1, -0.05) is 96.2 Å². The van der Waals surface area contributed by atoms with Crippen LogP contribution in [-0.2, 0) is 38.7 Å². The minimum atomic E-state index is -3.65. The van der Waals surface area contributed by atoms with E-state index < -0.39 is 48.9 Å². The summed E-state index contributed by atoms with van der Waals surface area (Å²) in [5, 5.41) is 5.11. The number of cyclic esters (lactones) is 2. The van der Waals surface area contributed by atoms with E-state index in [0.717, 1.165) is 31.4 Å². The zero-order chi connectivity index (χ0) is 32.8. The number of carbonyl (C=O) groups is 4. The number of amides is 2. The number of esters is 2. The van der Waals surface area contributed by atoms with Gasteiger partial charge >= 0.3 is 11.9 Å². The van der Waals surface area contributed by atoms with Gasteiger partial charge in [-0.15, -0.1) is 0 Å². The summed E-state index contributed by atoms with van der Waals surface area (Å²) in [6.45, 7) is 5.36. The Morgan fingerprint density at radius 3 is 1.59 bits per heavy atom. The number of sulfonamides is 1. The Kier molecular flexibility index (Phi) is 20.3. The highest BCUT2D eigenvalue weighted by Crippen LogP contribution is 2.22. The maximum Gasteiger partial charge on any atom is 0.328 e. The lowest BCUT2D eigenvalue weighted by molar-refractivity contribution is -0.141. The third-order valence-electron chi connectivity index (χ3n) is 7.33. The first-order valence-corrected chi connectivity index (χ1v) is 20.2. The minimum Gasteiger partial charge on any atom is -0.464 e. The Bertz CT molecular complexity index is 1010. The Labute approximate surface area is 265 Å². The van der Waals surface area contributed by atoms with Crippen LogP contribution in [0.1, 0.15) is 110 Å². The first-order chi connectivity index (χ1) is 20.9. The molecule has 2 fully saturated rings. The summed E-state index contributed by atoms with van der Waals surface area (Å²) in [6.07, 6.45) is 16.1.